The lowest BCUT2D eigenvalue weighted by molar-refractivity contribution is -0.121. The number of carbonyl (C=O) groups is 1. The maximum atomic E-state index is 12.0. The Morgan fingerprint density at radius 2 is 1.45 bits per heavy atom. The molecule has 1 heterocycles. The highest BCUT2D eigenvalue weighted by atomic mass is 32.2. The minimum Gasteiger partial charge on any atom is -0.371 e. The van der Waals surface area contributed by atoms with Crippen LogP contribution in [-0.2, 0) is 21.5 Å². The molecule has 8 heteroatoms. The van der Waals surface area contributed by atoms with E-state index < -0.39 is 10.3 Å². The second-order valence-corrected chi connectivity index (χ2v) is 10.3. The average Bonchev–Trinajstić information content (AvgIpc) is 2.78. The van der Waals surface area contributed by atoms with Crippen molar-refractivity contribution >= 4 is 16.2 Å². The maximum Gasteiger partial charge on any atom is 0.380 e. The van der Waals surface area contributed by atoms with Gasteiger partial charge in [0.25, 0.3) is 0 Å². The first-order chi connectivity index (χ1) is 15.9. The van der Waals surface area contributed by atoms with Crippen LogP contribution in [-0.4, -0.2) is 45.4 Å². The lowest BCUT2D eigenvalue weighted by Gasteiger charge is -2.26. The number of piperidine rings is 1. The molecule has 33 heavy (non-hydrogen) atoms. The average molecular weight is 482 g/mol. The minimum atomic E-state index is -4.00. The van der Waals surface area contributed by atoms with E-state index in [1.807, 2.05) is 0 Å². The van der Waals surface area contributed by atoms with Crippen LogP contribution in [0.2, 0.25) is 0 Å². The number of carbonyl (C=O) groups excluding carboxylic acids is 1. The van der Waals surface area contributed by atoms with Crippen LogP contribution in [0.25, 0.3) is 0 Å². The van der Waals surface area contributed by atoms with Gasteiger partial charge < -0.3 is 14.4 Å². The van der Waals surface area contributed by atoms with Gasteiger partial charge in [-0.1, -0.05) is 63.5 Å². The molecule has 0 spiro atoms. The van der Waals surface area contributed by atoms with Crippen LogP contribution >= 0.6 is 0 Å². The standard InChI is InChI=1S/C25H43N3O4S/c26-33(30,31)32-24-16-14-23(15-17-24)18-19-27-25(29)13-9-6-4-2-1-3-5-7-10-20-28-21-11-8-12-22-28/h14-17H,1-13,18-22H2,(H,27,29)(H2,26,30,31). The summed E-state index contributed by atoms with van der Waals surface area (Å²) in [5, 5.41) is 7.79. The highest BCUT2D eigenvalue weighted by Gasteiger charge is 2.09. The monoisotopic (exact) mass is 481 g/mol. The lowest BCUT2D eigenvalue weighted by Crippen LogP contribution is -2.30. The predicted octanol–water partition coefficient (Wildman–Crippen LogP) is 4.31. The number of nitrogens with two attached hydrogens (primary N) is 1. The number of benzene rings is 1. The zero-order valence-electron chi connectivity index (χ0n) is 20.1. The summed E-state index contributed by atoms with van der Waals surface area (Å²) in [6.07, 6.45) is 16.8. The van der Waals surface area contributed by atoms with E-state index in [1.54, 1.807) is 24.3 Å². The topological polar surface area (TPSA) is 102 Å². The second kappa shape index (κ2) is 16.1. The minimum absolute atomic E-state index is 0.0953. The largest absolute Gasteiger partial charge is 0.380 e. The fourth-order valence-corrected chi connectivity index (χ4v) is 4.70. The molecule has 1 saturated heterocycles. The first kappa shape index (κ1) is 27.6. The molecule has 0 radical (unpaired) electrons. The molecule has 0 atom stereocenters. The van der Waals surface area contributed by atoms with Gasteiger partial charge in [-0.05, 0) is 69.4 Å². The molecule has 1 fully saturated rings. The SMILES string of the molecule is NS(=O)(=O)Oc1ccc(CCNC(=O)CCCCCCCCCCCN2CCCCC2)cc1. The van der Waals surface area contributed by atoms with Crippen molar-refractivity contribution in [1.82, 2.24) is 10.2 Å². The number of amides is 1. The molecular weight excluding hydrogens is 438 g/mol. The molecular formula is C25H43N3O4S. The van der Waals surface area contributed by atoms with Gasteiger partial charge in [0.15, 0.2) is 0 Å². The molecule has 2 rings (SSSR count). The van der Waals surface area contributed by atoms with Gasteiger partial charge in [0.1, 0.15) is 5.75 Å². The van der Waals surface area contributed by atoms with Crippen LogP contribution in [0.5, 0.6) is 5.75 Å². The van der Waals surface area contributed by atoms with Gasteiger partial charge in [0.05, 0.1) is 0 Å². The van der Waals surface area contributed by atoms with Crippen LogP contribution in [0, 0.1) is 0 Å². The Labute approximate surface area is 200 Å². The first-order valence-corrected chi connectivity index (χ1v) is 14.2. The predicted molar refractivity (Wildman–Crippen MR) is 133 cm³/mol. The van der Waals surface area contributed by atoms with Gasteiger partial charge in [-0.2, -0.15) is 13.6 Å². The molecule has 0 saturated carbocycles. The van der Waals surface area contributed by atoms with Crippen LogP contribution < -0.4 is 14.6 Å². The summed E-state index contributed by atoms with van der Waals surface area (Å²) in [5.41, 5.74) is 0.989. The summed E-state index contributed by atoms with van der Waals surface area (Å²) in [6, 6.07) is 6.64. The summed E-state index contributed by atoms with van der Waals surface area (Å²) in [4.78, 5) is 14.6. The third kappa shape index (κ3) is 14.3. The highest BCUT2D eigenvalue weighted by Crippen LogP contribution is 2.14. The zero-order chi connectivity index (χ0) is 23.8. The highest BCUT2D eigenvalue weighted by molar-refractivity contribution is 7.84. The molecule has 1 aromatic rings. The van der Waals surface area contributed by atoms with E-state index in [1.165, 1.54) is 83.8 Å². The molecule has 7 nitrogen and oxygen atoms in total. The molecule has 0 aliphatic carbocycles. The van der Waals surface area contributed by atoms with Gasteiger partial charge in [-0.15, -0.1) is 0 Å². The molecule has 188 valence electrons. The van der Waals surface area contributed by atoms with Crippen LogP contribution in [0.1, 0.15) is 89.0 Å². The van der Waals surface area contributed by atoms with E-state index in [0.717, 1.165) is 18.4 Å². The Morgan fingerprint density at radius 1 is 0.879 bits per heavy atom. The van der Waals surface area contributed by atoms with E-state index in [-0.39, 0.29) is 11.7 Å². The molecule has 0 aromatic heterocycles. The molecule has 1 aliphatic heterocycles. The number of rotatable bonds is 17. The summed E-state index contributed by atoms with van der Waals surface area (Å²) in [5.74, 6) is 0.274. The van der Waals surface area contributed by atoms with Crippen molar-refractivity contribution in [2.24, 2.45) is 5.14 Å². The molecule has 0 unspecified atom stereocenters. The van der Waals surface area contributed by atoms with Crippen molar-refractivity contribution in [3.05, 3.63) is 29.8 Å². The van der Waals surface area contributed by atoms with Crippen molar-refractivity contribution in [2.75, 3.05) is 26.2 Å². The number of nitrogens with zero attached hydrogens (tertiary/aromatic N) is 1. The van der Waals surface area contributed by atoms with Gasteiger partial charge >= 0.3 is 10.3 Å². The number of nitrogens with one attached hydrogen (secondary N) is 1. The fourth-order valence-electron chi connectivity index (χ4n) is 4.32. The van der Waals surface area contributed by atoms with Crippen LogP contribution in [0.15, 0.2) is 24.3 Å². The lowest BCUT2D eigenvalue weighted by atomic mass is 10.1. The number of unbranched alkanes of at least 4 members (excludes halogenated alkanes) is 8. The third-order valence-corrected chi connectivity index (χ3v) is 6.62. The molecule has 1 aliphatic rings. The molecule has 3 N–H and O–H groups in total. The summed E-state index contributed by atoms with van der Waals surface area (Å²) < 4.78 is 26.4. The van der Waals surface area contributed by atoms with Crippen molar-refractivity contribution < 1.29 is 17.4 Å². The molecule has 1 amide bonds. The molecule has 1 aromatic carbocycles. The van der Waals surface area contributed by atoms with Gasteiger partial charge in [-0.25, -0.2) is 0 Å². The first-order valence-electron chi connectivity index (χ1n) is 12.7. The zero-order valence-corrected chi connectivity index (χ0v) is 20.9. The smallest absolute Gasteiger partial charge is 0.371 e. The summed E-state index contributed by atoms with van der Waals surface area (Å²) >= 11 is 0. The van der Waals surface area contributed by atoms with Crippen molar-refractivity contribution in [3.63, 3.8) is 0 Å². The Kier molecular flexibility index (Phi) is 13.4. The second-order valence-electron chi connectivity index (χ2n) is 9.15. The van der Waals surface area contributed by atoms with Gasteiger partial charge in [0, 0.05) is 13.0 Å². The Bertz CT molecular complexity index is 762. The van der Waals surface area contributed by atoms with E-state index in [2.05, 4.69) is 14.4 Å². The fraction of sp³-hybridized carbons (Fsp3) is 0.720. The number of hydrogen-bond donors (Lipinski definition) is 2. The normalized spacial score (nSPS) is 14.8. The van der Waals surface area contributed by atoms with Gasteiger partial charge in [0.2, 0.25) is 5.91 Å². The number of likely N-dealkylation sites (tertiary alicyclic amines) is 1. The van der Waals surface area contributed by atoms with Crippen molar-refractivity contribution in [3.8, 4) is 5.75 Å². The third-order valence-electron chi connectivity index (χ3n) is 6.20. The Hall–Kier alpha value is -1.64. The van der Waals surface area contributed by atoms with Crippen LogP contribution in [0.4, 0.5) is 0 Å². The van der Waals surface area contributed by atoms with E-state index in [9.17, 15) is 13.2 Å². The Balaban J connectivity index is 1.37. The van der Waals surface area contributed by atoms with E-state index in [4.69, 9.17) is 5.14 Å². The Morgan fingerprint density at radius 3 is 2.06 bits per heavy atom. The number of hydrogen-bond acceptors (Lipinski definition) is 5. The van der Waals surface area contributed by atoms with E-state index >= 15 is 0 Å². The van der Waals surface area contributed by atoms with Gasteiger partial charge in [-0.3, -0.25) is 4.79 Å². The van der Waals surface area contributed by atoms with Crippen molar-refractivity contribution in [1.29, 1.82) is 0 Å². The summed E-state index contributed by atoms with van der Waals surface area (Å²) in [7, 11) is -4.00. The maximum absolute atomic E-state index is 12.0. The quantitative estimate of drug-likeness (QED) is 0.323. The molecule has 0 bridgehead atoms. The van der Waals surface area contributed by atoms with Crippen molar-refractivity contribution in [2.45, 2.75) is 89.9 Å². The summed E-state index contributed by atoms with van der Waals surface area (Å²) in [6.45, 7) is 4.48. The van der Waals surface area contributed by atoms with E-state index in [0.29, 0.717) is 19.4 Å². The van der Waals surface area contributed by atoms with Crippen LogP contribution in [0.3, 0.4) is 0 Å².